The molecule has 2 aromatic rings. The van der Waals surface area contributed by atoms with E-state index in [1.165, 1.54) is 0 Å². The summed E-state index contributed by atoms with van der Waals surface area (Å²) < 4.78 is 12.2. The third-order valence-corrected chi connectivity index (χ3v) is 5.45. The summed E-state index contributed by atoms with van der Waals surface area (Å²) in [5.41, 5.74) is 1.57. The Morgan fingerprint density at radius 3 is 2.33 bits per heavy atom. The lowest BCUT2D eigenvalue weighted by atomic mass is 9.73. The topological polar surface area (TPSA) is 47.6 Å². The number of benzene rings is 2. The molecule has 0 unspecified atom stereocenters. The minimum Gasteiger partial charge on any atom is -0.491 e. The fourth-order valence-electron chi connectivity index (χ4n) is 3.45. The molecule has 27 heavy (non-hydrogen) atoms. The molecule has 1 aliphatic heterocycles. The smallest absolute Gasteiger partial charge is 0.231 e. The predicted molar refractivity (Wildman–Crippen MR) is 110 cm³/mol. The van der Waals surface area contributed by atoms with Gasteiger partial charge in [-0.2, -0.15) is 0 Å². The van der Waals surface area contributed by atoms with Crippen LogP contribution >= 0.6 is 15.9 Å². The molecule has 1 fully saturated rings. The molecular formula is C22H26BrNO3. The number of nitrogens with one attached hydrogen (secondary N) is 1. The predicted octanol–water partition coefficient (Wildman–Crippen LogP) is 4.60. The molecule has 1 amide bonds. The largest absolute Gasteiger partial charge is 0.491 e. The third kappa shape index (κ3) is 4.90. The molecule has 0 atom stereocenters. The molecule has 2 aromatic carbocycles. The number of hydrogen-bond donors (Lipinski definition) is 1. The second-order valence-electron chi connectivity index (χ2n) is 7.19. The first-order valence-electron chi connectivity index (χ1n) is 9.37. The number of amides is 1. The average molecular weight is 432 g/mol. The lowest BCUT2D eigenvalue weighted by Gasteiger charge is -2.36. The Morgan fingerprint density at radius 2 is 1.74 bits per heavy atom. The van der Waals surface area contributed by atoms with Gasteiger partial charge in [0.15, 0.2) is 0 Å². The van der Waals surface area contributed by atoms with Gasteiger partial charge in [0.05, 0.1) is 11.5 Å². The molecule has 0 radical (unpaired) electrons. The van der Waals surface area contributed by atoms with Crippen LogP contribution in [0.25, 0.3) is 0 Å². The van der Waals surface area contributed by atoms with Crippen molar-refractivity contribution in [2.24, 2.45) is 0 Å². The zero-order valence-corrected chi connectivity index (χ0v) is 17.4. The van der Waals surface area contributed by atoms with Crippen molar-refractivity contribution >= 4 is 21.8 Å². The summed E-state index contributed by atoms with van der Waals surface area (Å²) in [5.74, 6) is 0.909. The van der Waals surface area contributed by atoms with Gasteiger partial charge in [-0.05, 0) is 62.1 Å². The zero-order valence-electron chi connectivity index (χ0n) is 15.8. The number of hydrogen-bond acceptors (Lipinski definition) is 3. The molecule has 1 aliphatic rings. The molecule has 1 saturated heterocycles. The Labute approximate surface area is 169 Å². The van der Waals surface area contributed by atoms with Crippen LogP contribution in [-0.2, 0) is 21.5 Å². The molecule has 0 saturated carbocycles. The normalized spacial score (nSPS) is 16.1. The molecule has 0 bridgehead atoms. The van der Waals surface area contributed by atoms with Gasteiger partial charge >= 0.3 is 0 Å². The Bertz CT molecular complexity index is 750. The third-order valence-electron chi connectivity index (χ3n) is 4.93. The van der Waals surface area contributed by atoms with Gasteiger partial charge < -0.3 is 14.8 Å². The summed E-state index contributed by atoms with van der Waals surface area (Å²) in [5, 5.41) is 3.14. The molecule has 4 nitrogen and oxygen atoms in total. The van der Waals surface area contributed by atoms with E-state index in [1.54, 1.807) is 0 Å². The van der Waals surface area contributed by atoms with Gasteiger partial charge in [-0.1, -0.05) is 40.2 Å². The van der Waals surface area contributed by atoms with E-state index < -0.39 is 5.41 Å². The van der Waals surface area contributed by atoms with Crippen molar-refractivity contribution in [2.75, 3.05) is 13.2 Å². The summed E-state index contributed by atoms with van der Waals surface area (Å²) in [6.45, 7) is 5.71. The number of carbonyl (C=O) groups is 1. The Hall–Kier alpha value is -1.85. The maximum atomic E-state index is 13.2. The molecule has 3 rings (SSSR count). The number of ether oxygens (including phenoxy) is 2. The molecule has 1 heterocycles. The van der Waals surface area contributed by atoms with Crippen molar-refractivity contribution in [3.63, 3.8) is 0 Å². The van der Waals surface area contributed by atoms with Crippen molar-refractivity contribution in [2.45, 2.75) is 44.8 Å². The fourth-order valence-corrected chi connectivity index (χ4v) is 3.71. The quantitative estimate of drug-likeness (QED) is 0.726. The number of carbonyl (C=O) groups excluding carboxylic acids is 1. The maximum absolute atomic E-state index is 13.2. The molecule has 5 heteroatoms. The van der Waals surface area contributed by atoms with Gasteiger partial charge in [0.1, 0.15) is 5.75 Å². The van der Waals surface area contributed by atoms with E-state index >= 15 is 0 Å². The van der Waals surface area contributed by atoms with Crippen molar-refractivity contribution < 1.29 is 14.3 Å². The average Bonchev–Trinajstić information content (AvgIpc) is 2.68. The van der Waals surface area contributed by atoms with Crippen LogP contribution < -0.4 is 10.1 Å². The van der Waals surface area contributed by atoms with E-state index in [4.69, 9.17) is 9.47 Å². The van der Waals surface area contributed by atoms with Gasteiger partial charge in [0, 0.05) is 24.2 Å². The Kier molecular flexibility index (Phi) is 6.55. The summed E-state index contributed by atoms with van der Waals surface area (Å²) in [4.78, 5) is 13.2. The Balaban J connectivity index is 1.70. The van der Waals surface area contributed by atoms with Crippen LogP contribution in [-0.4, -0.2) is 25.2 Å². The van der Waals surface area contributed by atoms with E-state index in [0.717, 1.165) is 21.3 Å². The summed E-state index contributed by atoms with van der Waals surface area (Å²) >= 11 is 3.47. The maximum Gasteiger partial charge on any atom is 0.231 e. The highest BCUT2D eigenvalue weighted by molar-refractivity contribution is 9.10. The van der Waals surface area contributed by atoms with Crippen LogP contribution in [0.2, 0.25) is 0 Å². The van der Waals surface area contributed by atoms with E-state index in [9.17, 15) is 4.79 Å². The van der Waals surface area contributed by atoms with Crippen molar-refractivity contribution in [1.82, 2.24) is 5.32 Å². The van der Waals surface area contributed by atoms with Crippen LogP contribution in [0.1, 0.15) is 37.8 Å². The van der Waals surface area contributed by atoms with Gasteiger partial charge in [0.2, 0.25) is 5.91 Å². The minimum absolute atomic E-state index is 0.0654. The standard InChI is InChI=1S/C22H26BrNO3/c1-16(2)27-20-9-3-17(4-10-20)15-24-21(25)22(11-13-26-14-12-22)18-5-7-19(23)8-6-18/h3-10,16H,11-15H2,1-2H3,(H,24,25). The van der Waals surface area contributed by atoms with E-state index in [2.05, 4.69) is 21.2 Å². The molecule has 144 valence electrons. The van der Waals surface area contributed by atoms with Crippen molar-refractivity contribution in [3.05, 3.63) is 64.1 Å². The Morgan fingerprint density at radius 1 is 1.11 bits per heavy atom. The van der Waals surface area contributed by atoms with Crippen LogP contribution in [0.5, 0.6) is 5.75 Å². The van der Waals surface area contributed by atoms with Gasteiger partial charge in [-0.3, -0.25) is 4.79 Å². The fraction of sp³-hybridized carbons (Fsp3) is 0.409. The van der Waals surface area contributed by atoms with Gasteiger partial charge in [0.25, 0.3) is 0 Å². The monoisotopic (exact) mass is 431 g/mol. The minimum atomic E-state index is -0.528. The molecule has 0 aromatic heterocycles. The van der Waals surface area contributed by atoms with E-state index in [1.807, 2.05) is 62.4 Å². The van der Waals surface area contributed by atoms with E-state index in [0.29, 0.717) is 32.6 Å². The highest BCUT2D eigenvalue weighted by atomic mass is 79.9. The first-order valence-corrected chi connectivity index (χ1v) is 10.2. The van der Waals surface area contributed by atoms with Crippen molar-refractivity contribution in [3.8, 4) is 5.75 Å². The number of halogens is 1. The molecule has 0 spiro atoms. The van der Waals surface area contributed by atoms with Crippen molar-refractivity contribution in [1.29, 1.82) is 0 Å². The summed E-state index contributed by atoms with van der Waals surface area (Å²) in [7, 11) is 0. The lowest BCUT2D eigenvalue weighted by molar-refractivity contribution is -0.130. The highest BCUT2D eigenvalue weighted by Crippen LogP contribution is 2.36. The molecule has 0 aliphatic carbocycles. The van der Waals surface area contributed by atoms with Crippen LogP contribution in [0.15, 0.2) is 53.0 Å². The SMILES string of the molecule is CC(C)Oc1ccc(CNC(=O)C2(c3ccc(Br)cc3)CCOCC2)cc1. The van der Waals surface area contributed by atoms with Crippen LogP contribution in [0.4, 0.5) is 0 Å². The highest BCUT2D eigenvalue weighted by Gasteiger charge is 2.41. The van der Waals surface area contributed by atoms with E-state index in [-0.39, 0.29) is 12.0 Å². The first-order chi connectivity index (χ1) is 13.0. The molecular weight excluding hydrogens is 406 g/mol. The van der Waals surface area contributed by atoms with Crippen LogP contribution in [0, 0.1) is 0 Å². The second-order valence-corrected chi connectivity index (χ2v) is 8.11. The van der Waals surface area contributed by atoms with Crippen LogP contribution in [0.3, 0.4) is 0 Å². The number of rotatable bonds is 6. The van der Waals surface area contributed by atoms with Gasteiger partial charge in [-0.25, -0.2) is 0 Å². The first kappa shape index (κ1) is 19.9. The second kappa shape index (κ2) is 8.89. The zero-order chi connectivity index (χ0) is 19.3. The van der Waals surface area contributed by atoms with Gasteiger partial charge in [-0.15, -0.1) is 0 Å². The lowest BCUT2D eigenvalue weighted by Crippen LogP contribution is -2.47. The summed E-state index contributed by atoms with van der Waals surface area (Å²) in [6, 6.07) is 15.9. The summed E-state index contributed by atoms with van der Waals surface area (Å²) in [6.07, 6.45) is 1.54. The molecule has 1 N–H and O–H groups in total.